The van der Waals surface area contributed by atoms with Gasteiger partial charge in [-0.25, -0.2) is 4.39 Å². The first-order valence-electron chi connectivity index (χ1n) is 8.14. The second-order valence-corrected chi connectivity index (χ2v) is 7.05. The molecule has 0 spiro atoms. The van der Waals surface area contributed by atoms with E-state index in [0.29, 0.717) is 23.1 Å². The number of hydrogen-bond donors (Lipinski definition) is 1. The molecule has 1 fully saturated rings. The zero-order chi connectivity index (χ0) is 15.5. The fraction of sp³-hybridized carbons (Fsp3) is 0.667. The van der Waals surface area contributed by atoms with Crippen molar-refractivity contribution in [3.63, 3.8) is 0 Å². The largest absolute Gasteiger partial charge is 0.372 e. The number of nitrogens with one attached hydrogen (secondary N) is 1. The summed E-state index contributed by atoms with van der Waals surface area (Å²) in [7, 11) is 2.00. The molecule has 0 saturated heterocycles. The van der Waals surface area contributed by atoms with Crippen LogP contribution in [0.15, 0.2) is 24.3 Å². The minimum atomic E-state index is -0.129. The molecule has 1 aliphatic rings. The van der Waals surface area contributed by atoms with Gasteiger partial charge in [0.15, 0.2) is 0 Å². The fourth-order valence-electron chi connectivity index (χ4n) is 3.67. The van der Waals surface area contributed by atoms with Gasteiger partial charge in [-0.05, 0) is 49.3 Å². The third kappa shape index (κ3) is 3.76. The summed E-state index contributed by atoms with van der Waals surface area (Å²) >= 11 is 0. The van der Waals surface area contributed by atoms with E-state index < -0.39 is 0 Å². The number of benzene rings is 1. The summed E-state index contributed by atoms with van der Waals surface area (Å²) in [4.78, 5) is 2.07. The molecular formula is C18H29FN2. The third-order valence-electron chi connectivity index (χ3n) is 4.86. The maximum atomic E-state index is 13.9. The van der Waals surface area contributed by atoms with Gasteiger partial charge in [0.1, 0.15) is 5.82 Å². The molecule has 0 radical (unpaired) electrons. The molecule has 1 aromatic rings. The van der Waals surface area contributed by atoms with Gasteiger partial charge in [0, 0.05) is 19.6 Å². The highest BCUT2D eigenvalue weighted by atomic mass is 19.1. The zero-order valence-corrected chi connectivity index (χ0v) is 13.8. The van der Waals surface area contributed by atoms with E-state index in [-0.39, 0.29) is 5.82 Å². The minimum absolute atomic E-state index is 0.129. The fourth-order valence-corrected chi connectivity index (χ4v) is 3.67. The predicted octanol–water partition coefficient (Wildman–Crippen LogP) is 4.07. The molecule has 1 aromatic carbocycles. The average molecular weight is 292 g/mol. The summed E-state index contributed by atoms with van der Waals surface area (Å²) in [5, 5.41) is 3.72. The van der Waals surface area contributed by atoms with Gasteiger partial charge < -0.3 is 10.2 Å². The van der Waals surface area contributed by atoms with Crippen LogP contribution in [0.5, 0.6) is 0 Å². The van der Waals surface area contributed by atoms with Crippen LogP contribution in [0.4, 0.5) is 10.1 Å². The third-order valence-corrected chi connectivity index (χ3v) is 4.86. The Labute approximate surface area is 128 Å². The summed E-state index contributed by atoms with van der Waals surface area (Å²) in [5.74, 6) is 0.450. The van der Waals surface area contributed by atoms with E-state index in [1.165, 1.54) is 18.9 Å². The molecule has 118 valence electrons. The summed E-state index contributed by atoms with van der Waals surface area (Å²) in [6.45, 7) is 8.88. The lowest BCUT2D eigenvalue weighted by Crippen LogP contribution is -2.45. The van der Waals surface area contributed by atoms with Gasteiger partial charge in [0.05, 0.1) is 5.69 Å². The SMILES string of the molecule is CCCNC1C(CN(C)c2ccccc2F)CCC1(C)C. The molecule has 0 aromatic heterocycles. The van der Waals surface area contributed by atoms with E-state index in [9.17, 15) is 4.39 Å². The Bertz CT molecular complexity index is 458. The van der Waals surface area contributed by atoms with Gasteiger partial charge in [0.25, 0.3) is 0 Å². The van der Waals surface area contributed by atoms with Crippen LogP contribution in [0.1, 0.15) is 40.0 Å². The molecule has 0 aliphatic heterocycles. The molecule has 1 N–H and O–H groups in total. The topological polar surface area (TPSA) is 15.3 Å². The Balaban J connectivity index is 2.05. The normalized spacial score (nSPS) is 24.2. The van der Waals surface area contributed by atoms with Crippen molar-refractivity contribution < 1.29 is 4.39 Å². The van der Waals surface area contributed by atoms with Gasteiger partial charge >= 0.3 is 0 Å². The molecule has 0 amide bonds. The number of para-hydroxylation sites is 1. The van der Waals surface area contributed by atoms with E-state index in [1.807, 2.05) is 19.2 Å². The molecule has 2 atom stereocenters. The summed E-state index contributed by atoms with van der Waals surface area (Å²) in [5.41, 5.74) is 1.03. The molecule has 21 heavy (non-hydrogen) atoms. The van der Waals surface area contributed by atoms with Crippen molar-refractivity contribution in [3.8, 4) is 0 Å². The summed E-state index contributed by atoms with van der Waals surface area (Å²) < 4.78 is 13.9. The Kier molecular flexibility index (Phi) is 5.26. The van der Waals surface area contributed by atoms with Gasteiger partial charge in [0.2, 0.25) is 0 Å². The van der Waals surface area contributed by atoms with Crippen molar-refractivity contribution in [2.75, 3.05) is 25.0 Å². The van der Waals surface area contributed by atoms with E-state index in [4.69, 9.17) is 0 Å². The lowest BCUT2D eigenvalue weighted by molar-refractivity contribution is 0.250. The van der Waals surface area contributed by atoms with Gasteiger partial charge in [-0.2, -0.15) is 0 Å². The van der Waals surface area contributed by atoms with E-state index in [2.05, 4.69) is 31.0 Å². The Morgan fingerprint density at radius 3 is 2.71 bits per heavy atom. The molecule has 2 nitrogen and oxygen atoms in total. The first-order chi connectivity index (χ1) is 9.95. The van der Waals surface area contributed by atoms with Gasteiger partial charge in [-0.3, -0.25) is 0 Å². The van der Waals surface area contributed by atoms with Crippen molar-refractivity contribution in [2.24, 2.45) is 11.3 Å². The standard InChI is InChI=1S/C18H29FN2/c1-5-12-20-17-14(10-11-18(17,2)3)13-21(4)16-9-7-6-8-15(16)19/h6-9,14,17,20H,5,10-13H2,1-4H3. The van der Waals surface area contributed by atoms with E-state index >= 15 is 0 Å². The number of halogens is 1. The van der Waals surface area contributed by atoms with Crippen molar-refractivity contribution >= 4 is 5.69 Å². The van der Waals surface area contributed by atoms with Crippen LogP contribution in [0.25, 0.3) is 0 Å². The number of hydrogen-bond acceptors (Lipinski definition) is 2. The molecule has 1 aliphatic carbocycles. The van der Waals surface area contributed by atoms with Crippen molar-refractivity contribution in [1.29, 1.82) is 0 Å². The molecule has 2 rings (SSSR count). The summed E-state index contributed by atoms with van der Waals surface area (Å²) in [6.07, 6.45) is 3.61. The highest BCUT2D eigenvalue weighted by Crippen LogP contribution is 2.42. The molecule has 2 unspecified atom stereocenters. The zero-order valence-electron chi connectivity index (χ0n) is 13.8. The number of anilines is 1. The van der Waals surface area contributed by atoms with E-state index in [0.717, 1.165) is 19.5 Å². The lowest BCUT2D eigenvalue weighted by Gasteiger charge is -2.34. The predicted molar refractivity (Wildman–Crippen MR) is 88.3 cm³/mol. The van der Waals surface area contributed by atoms with Crippen LogP contribution >= 0.6 is 0 Å². The van der Waals surface area contributed by atoms with Gasteiger partial charge in [-0.15, -0.1) is 0 Å². The van der Waals surface area contributed by atoms with Crippen LogP contribution in [-0.2, 0) is 0 Å². The number of rotatable bonds is 6. The average Bonchev–Trinajstić information content (AvgIpc) is 2.72. The van der Waals surface area contributed by atoms with Crippen LogP contribution in [0.2, 0.25) is 0 Å². The van der Waals surface area contributed by atoms with Gasteiger partial charge in [-0.1, -0.05) is 32.9 Å². The van der Waals surface area contributed by atoms with Crippen LogP contribution in [0, 0.1) is 17.2 Å². The maximum Gasteiger partial charge on any atom is 0.146 e. The maximum absolute atomic E-state index is 13.9. The van der Waals surface area contributed by atoms with Crippen molar-refractivity contribution in [1.82, 2.24) is 5.32 Å². The van der Waals surface area contributed by atoms with Crippen molar-refractivity contribution in [2.45, 2.75) is 46.1 Å². The molecule has 0 heterocycles. The van der Waals surface area contributed by atoms with Crippen LogP contribution in [-0.4, -0.2) is 26.2 Å². The Hall–Kier alpha value is -1.09. The smallest absolute Gasteiger partial charge is 0.146 e. The molecule has 3 heteroatoms. The second-order valence-electron chi connectivity index (χ2n) is 7.05. The van der Waals surface area contributed by atoms with E-state index in [1.54, 1.807) is 6.07 Å². The molecular weight excluding hydrogens is 263 g/mol. The monoisotopic (exact) mass is 292 g/mol. The Morgan fingerprint density at radius 2 is 2.05 bits per heavy atom. The minimum Gasteiger partial charge on any atom is -0.372 e. The quantitative estimate of drug-likeness (QED) is 0.850. The highest BCUT2D eigenvalue weighted by molar-refractivity contribution is 5.46. The van der Waals surface area contributed by atoms with Crippen LogP contribution in [0.3, 0.4) is 0 Å². The first kappa shape index (κ1) is 16.3. The van der Waals surface area contributed by atoms with Crippen molar-refractivity contribution in [3.05, 3.63) is 30.1 Å². The lowest BCUT2D eigenvalue weighted by atomic mass is 9.84. The molecule has 1 saturated carbocycles. The number of nitrogens with zero attached hydrogens (tertiary/aromatic N) is 1. The molecule has 0 bridgehead atoms. The first-order valence-corrected chi connectivity index (χ1v) is 8.14. The summed E-state index contributed by atoms with van der Waals surface area (Å²) in [6, 6.07) is 7.57. The highest BCUT2D eigenvalue weighted by Gasteiger charge is 2.41. The second kappa shape index (κ2) is 6.78. The van der Waals surface area contributed by atoms with Crippen LogP contribution < -0.4 is 10.2 Å². The Morgan fingerprint density at radius 1 is 1.33 bits per heavy atom.